The molecule has 2 N–H and O–H groups in total. The summed E-state index contributed by atoms with van der Waals surface area (Å²) in [5, 5.41) is 12.7. The molecule has 3 nitrogen and oxygen atoms in total. The van der Waals surface area contributed by atoms with Crippen LogP contribution in [0.5, 0.6) is 0 Å². The van der Waals surface area contributed by atoms with Crippen molar-refractivity contribution in [1.29, 1.82) is 0 Å². The van der Waals surface area contributed by atoms with Gasteiger partial charge in [0.25, 0.3) is 5.91 Å². The molecule has 1 amide bonds. The van der Waals surface area contributed by atoms with E-state index in [9.17, 15) is 23.1 Å². The van der Waals surface area contributed by atoms with E-state index < -0.39 is 34.5 Å². The Bertz CT molecular complexity index is 540. The topological polar surface area (TPSA) is 49.3 Å². The zero-order chi connectivity index (χ0) is 15.6. The fraction of sp³-hybridized carbons (Fsp3) is 0.533. The van der Waals surface area contributed by atoms with Crippen LogP contribution in [0.1, 0.15) is 43.0 Å². The summed E-state index contributed by atoms with van der Waals surface area (Å²) in [7, 11) is 0. The lowest BCUT2D eigenvalue weighted by Gasteiger charge is -2.34. The number of halogens is 3. The number of hydrogen-bond acceptors (Lipinski definition) is 2. The van der Waals surface area contributed by atoms with Crippen molar-refractivity contribution in [3.63, 3.8) is 0 Å². The molecular formula is C15H18F3NO2. The number of carbonyl (C=O) groups excluding carboxylic acids is 1. The van der Waals surface area contributed by atoms with Crippen LogP contribution in [-0.4, -0.2) is 23.2 Å². The van der Waals surface area contributed by atoms with Gasteiger partial charge < -0.3 is 10.4 Å². The molecule has 0 aliphatic heterocycles. The average molecular weight is 301 g/mol. The highest BCUT2D eigenvalue weighted by Crippen LogP contribution is 2.31. The van der Waals surface area contributed by atoms with Gasteiger partial charge in [0.15, 0.2) is 17.5 Å². The second-order valence-electron chi connectivity index (χ2n) is 5.81. The Labute approximate surface area is 121 Å². The third-order valence-corrected chi connectivity index (χ3v) is 4.06. The quantitative estimate of drug-likeness (QED) is 0.843. The first kappa shape index (κ1) is 15.8. The molecule has 116 valence electrons. The molecule has 0 aromatic heterocycles. The Kier molecular flexibility index (Phi) is 4.56. The van der Waals surface area contributed by atoms with Gasteiger partial charge in [0.05, 0.1) is 11.2 Å². The molecule has 0 bridgehead atoms. The first-order valence-corrected chi connectivity index (χ1v) is 6.96. The maximum atomic E-state index is 13.5. The van der Waals surface area contributed by atoms with Gasteiger partial charge in [-0.1, -0.05) is 6.92 Å². The van der Waals surface area contributed by atoms with E-state index in [0.29, 0.717) is 24.8 Å². The van der Waals surface area contributed by atoms with Gasteiger partial charge in [0.1, 0.15) is 0 Å². The highest BCUT2D eigenvalue weighted by Gasteiger charge is 2.32. The number of rotatable bonds is 3. The lowest BCUT2D eigenvalue weighted by molar-refractivity contribution is -0.00543. The Balaban J connectivity index is 2.01. The maximum absolute atomic E-state index is 13.5. The number of hydrogen-bond donors (Lipinski definition) is 2. The number of benzene rings is 1. The summed E-state index contributed by atoms with van der Waals surface area (Å²) in [6.07, 6.45) is 2.81. The third kappa shape index (κ3) is 3.56. The molecule has 0 saturated heterocycles. The van der Waals surface area contributed by atoms with Gasteiger partial charge in [0.2, 0.25) is 0 Å². The van der Waals surface area contributed by atoms with Gasteiger partial charge in [-0.2, -0.15) is 0 Å². The zero-order valence-corrected chi connectivity index (χ0v) is 11.8. The largest absolute Gasteiger partial charge is 0.388 e. The van der Waals surface area contributed by atoms with Crippen LogP contribution in [0.25, 0.3) is 0 Å². The second-order valence-corrected chi connectivity index (χ2v) is 5.81. The standard InChI is InChI=1S/C15H18F3NO2/c1-9-4-6-15(21,7-5-9)8-19-14(20)10-2-3-11(16)13(18)12(10)17/h2-3,9,21H,4-8H2,1H3,(H,19,20). The Morgan fingerprint density at radius 3 is 2.52 bits per heavy atom. The van der Waals surface area contributed by atoms with Crippen LogP contribution in [0.2, 0.25) is 0 Å². The lowest BCUT2D eigenvalue weighted by Crippen LogP contribution is -2.45. The summed E-state index contributed by atoms with van der Waals surface area (Å²) in [4.78, 5) is 11.8. The smallest absolute Gasteiger partial charge is 0.254 e. The molecular weight excluding hydrogens is 283 g/mol. The minimum Gasteiger partial charge on any atom is -0.388 e. The van der Waals surface area contributed by atoms with E-state index in [1.54, 1.807) is 0 Å². The molecule has 0 unspecified atom stereocenters. The fourth-order valence-electron chi connectivity index (χ4n) is 2.52. The van der Waals surface area contributed by atoms with E-state index in [0.717, 1.165) is 18.9 Å². The van der Waals surface area contributed by atoms with E-state index in [1.165, 1.54) is 0 Å². The van der Waals surface area contributed by atoms with Crippen molar-refractivity contribution < 1.29 is 23.1 Å². The number of nitrogens with one attached hydrogen (secondary N) is 1. The molecule has 21 heavy (non-hydrogen) atoms. The Hall–Kier alpha value is -1.56. The molecule has 1 aromatic rings. The number of aliphatic hydroxyl groups is 1. The average Bonchev–Trinajstić information content (AvgIpc) is 2.46. The van der Waals surface area contributed by atoms with Crippen molar-refractivity contribution in [3.05, 3.63) is 35.1 Å². The van der Waals surface area contributed by atoms with E-state index in [-0.39, 0.29) is 6.54 Å². The summed E-state index contributed by atoms with van der Waals surface area (Å²) in [6.45, 7) is 2.06. The monoisotopic (exact) mass is 301 g/mol. The van der Waals surface area contributed by atoms with Gasteiger partial charge in [0, 0.05) is 6.54 Å². The molecule has 2 rings (SSSR count). The van der Waals surface area contributed by atoms with Crippen molar-refractivity contribution in [2.24, 2.45) is 5.92 Å². The molecule has 0 radical (unpaired) electrons. The van der Waals surface area contributed by atoms with E-state index in [1.807, 2.05) is 0 Å². The van der Waals surface area contributed by atoms with Crippen LogP contribution >= 0.6 is 0 Å². The lowest BCUT2D eigenvalue weighted by atomic mass is 9.79. The van der Waals surface area contributed by atoms with Crippen molar-refractivity contribution in [2.45, 2.75) is 38.2 Å². The van der Waals surface area contributed by atoms with Gasteiger partial charge in [-0.15, -0.1) is 0 Å². The summed E-state index contributed by atoms with van der Waals surface area (Å²) in [6, 6.07) is 1.58. The summed E-state index contributed by atoms with van der Waals surface area (Å²) in [5.41, 5.74) is -1.58. The van der Waals surface area contributed by atoms with Gasteiger partial charge >= 0.3 is 0 Å². The van der Waals surface area contributed by atoms with Crippen LogP contribution in [0.15, 0.2) is 12.1 Å². The predicted octanol–water partition coefficient (Wildman–Crippen LogP) is 2.77. The maximum Gasteiger partial charge on any atom is 0.254 e. The van der Waals surface area contributed by atoms with Crippen LogP contribution in [-0.2, 0) is 0 Å². The van der Waals surface area contributed by atoms with Crippen molar-refractivity contribution in [3.8, 4) is 0 Å². The normalized spacial score (nSPS) is 25.7. The first-order valence-electron chi connectivity index (χ1n) is 6.96. The SMILES string of the molecule is CC1CCC(O)(CNC(=O)c2ccc(F)c(F)c2F)CC1. The number of carbonyl (C=O) groups is 1. The van der Waals surface area contributed by atoms with E-state index in [4.69, 9.17) is 0 Å². The molecule has 1 saturated carbocycles. The highest BCUT2D eigenvalue weighted by molar-refractivity contribution is 5.94. The molecule has 1 aliphatic carbocycles. The zero-order valence-electron chi connectivity index (χ0n) is 11.8. The van der Waals surface area contributed by atoms with Crippen molar-refractivity contribution in [1.82, 2.24) is 5.32 Å². The third-order valence-electron chi connectivity index (χ3n) is 4.06. The number of amides is 1. The Morgan fingerprint density at radius 1 is 1.29 bits per heavy atom. The molecule has 1 fully saturated rings. The Morgan fingerprint density at radius 2 is 1.90 bits per heavy atom. The minimum absolute atomic E-state index is 0.0308. The highest BCUT2D eigenvalue weighted by atomic mass is 19.2. The van der Waals surface area contributed by atoms with Crippen molar-refractivity contribution in [2.75, 3.05) is 6.54 Å². The predicted molar refractivity (Wildman–Crippen MR) is 71.2 cm³/mol. The van der Waals surface area contributed by atoms with E-state index in [2.05, 4.69) is 12.2 Å². The van der Waals surface area contributed by atoms with Crippen LogP contribution in [0, 0.1) is 23.4 Å². The summed E-state index contributed by atoms with van der Waals surface area (Å²) < 4.78 is 39.4. The second kappa shape index (κ2) is 6.05. The van der Waals surface area contributed by atoms with Crippen LogP contribution in [0.3, 0.4) is 0 Å². The fourth-order valence-corrected chi connectivity index (χ4v) is 2.52. The first-order chi connectivity index (χ1) is 9.82. The molecule has 1 aromatic carbocycles. The van der Waals surface area contributed by atoms with Crippen molar-refractivity contribution >= 4 is 5.91 Å². The molecule has 6 heteroatoms. The minimum atomic E-state index is -1.67. The molecule has 0 heterocycles. The molecule has 0 atom stereocenters. The molecule has 0 spiro atoms. The van der Waals surface area contributed by atoms with E-state index >= 15 is 0 Å². The summed E-state index contributed by atoms with van der Waals surface area (Å²) >= 11 is 0. The van der Waals surface area contributed by atoms with Crippen LogP contribution in [0.4, 0.5) is 13.2 Å². The van der Waals surface area contributed by atoms with Gasteiger partial charge in [-0.3, -0.25) is 4.79 Å². The van der Waals surface area contributed by atoms with Gasteiger partial charge in [-0.05, 0) is 43.7 Å². The summed E-state index contributed by atoms with van der Waals surface area (Å²) in [5.74, 6) is -4.86. The molecule has 1 aliphatic rings. The van der Waals surface area contributed by atoms with Gasteiger partial charge in [-0.25, -0.2) is 13.2 Å². The van der Waals surface area contributed by atoms with Crippen LogP contribution < -0.4 is 5.32 Å².